The summed E-state index contributed by atoms with van der Waals surface area (Å²) in [6.45, 7) is 2.21. The van der Waals surface area contributed by atoms with E-state index >= 15 is 0 Å². The van der Waals surface area contributed by atoms with Gasteiger partial charge in [-0.1, -0.05) is 30.3 Å². The molecule has 3 nitrogen and oxygen atoms in total. The van der Waals surface area contributed by atoms with Gasteiger partial charge in [-0.05, 0) is 42.9 Å². The molecular weight excluding hydrogens is 264 g/mol. The van der Waals surface area contributed by atoms with Gasteiger partial charge in [-0.25, -0.2) is 0 Å². The summed E-state index contributed by atoms with van der Waals surface area (Å²) >= 11 is 0. The Balaban J connectivity index is 1.98. The van der Waals surface area contributed by atoms with Crippen LogP contribution >= 0.6 is 0 Å². The molecule has 1 aromatic carbocycles. The Morgan fingerprint density at radius 1 is 1.24 bits per heavy atom. The summed E-state index contributed by atoms with van der Waals surface area (Å²) in [5.41, 5.74) is 3.06. The zero-order valence-electron chi connectivity index (χ0n) is 12.3. The third-order valence-corrected chi connectivity index (χ3v) is 4.54. The van der Waals surface area contributed by atoms with Crippen LogP contribution in [0.2, 0.25) is 0 Å². The highest BCUT2D eigenvalue weighted by Gasteiger charge is 2.43. The van der Waals surface area contributed by atoms with Crippen molar-refractivity contribution in [2.24, 2.45) is 5.92 Å². The molecule has 0 fully saturated rings. The molecule has 0 bridgehead atoms. The molecule has 0 spiro atoms. The fourth-order valence-corrected chi connectivity index (χ4v) is 3.64. The van der Waals surface area contributed by atoms with E-state index in [0.717, 1.165) is 29.6 Å². The van der Waals surface area contributed by atoms with Gasteiger partial charge in [0, 0.05) is 12.3 Å². The van der Waals surface area contributed by atoms with Gasteiger partial charge in [0.15, 0.2) is 5.78 Å². The van der Waals surface area contributed by atoms with E-state index in [9.17, 15) is 9.59 Å². The first-order valence-corrected chi connectivity index (χ1v) is 7.69. The minimum Gasteiger partial charge on any atom is -0.466 e. The molecule has 0 N–H and O–H groups in total. The van der Waals surface area contributed by atoms with Crippen molar-refractivity contribution in [2.75, 3.05) is 6.61 Å². The number of esters is 1. The second-order valence-corrected chi connectivity index (χ2v) is 5.73. The summed E-state index contributed by atoms with van der Waals surface area (Å²) in [6.07, 6.45) is 3.01. The van der Waals surface area contributed by atoms with Crippen molar-refractivity contribution in [1.82, 2.24) is 0 Å². The number of ketones is 1. The second kappa shape index (κ2) is 5.84. The van der Waals surface area contributed by atoms with Crippen LogP contribution in [-0.4, -0.2) is 18.4 Å². The lowest BCUT2D eigenvalue weighted by Crippen LogP contribution is -2.24. The number of ether oxygens (including phenoxy) is 1. The molecule has 0 radical (unpaired) electrons. The largest absolute Gasteiger partial charge is 0.466 e. The van der Waals surface area contributed by atoms with Crippen LogP contribution < -0.4 is 0 Å². The number of Topliss-reactive ketones (excluding diaryl/α,β-unsaturated/α-hetero) is 1. The lowest BCUT2D eigenvalue weighted by atomic mass is 9.83. The number of hydrogen-bond acceptors (Lipinski definition) is 3. The number of carbonyl (C=O) groups is 2. The van der Waals surface area contributed by atoms with E-state index in [0.29, 0.717) is 19.4 Å². The average molecular weight is 284 g/mol. The highest BCUT2D eigenvalue weighted by molar-refractivity contribution is 5.99. The van der Waals surface area contributed by atoms with Gasteiger partial charge in [0.05, 0.1) is 12.5 Å². The molecule has 3 heteroatoms. The summed E-state index contributed by atoms with van der Waals surface area (Å²) in [6, 6.07) is 10.0. The predicted octanol–water partition coefficient (Wildman–Crippen LogP) is 3.40. The highest BCUT2D eigenvalue weighted by atomic mass is 16.5. The summed E-state index contributed by atoms with van der Waals surface area (Å²) in [5.74, 6) is -0.168. The van der Waals surface area contributed by atoms with Gasteiger partial charge < -0.3 is 4.74 Å². The second-order valence-electron chi connectivity index (χ2n) is 5.73. The molecule has 0 saturated heterocycles. The molecule has 1 aromatic rings. The first-order chi connectivity index (χ1) is 10.2. The van der Waals surface area contributed by atoms with Gasteiger partial charge in [0.2, 0.25) is 0 Å². The molecular formula is C18H20O3. The van der Waals surface area contributed by atoms with Crippen molar-refractivity contribution in [3.05, 3.63) is 47.0 Å². The van der Waals surface area contributed by atoms with E-state index < -0.39 is 0 Å². The minimum absolute atomic E-state index is 0.0531. The van der Waals surface area contributed by atoms with Crippen LogP contribution in [0.25, 0.3) is 0 Å². The molecule has 110 valence electrons. The Morgan fingerprint density at radius 3 is 2.71 bits per heavy atom. The van der Waals surface area contributed by atoms with E-state index in [4.69, 9.17) is 4.74 Å². The van der Waals surface area contributed by atoms with Crippen LogP contribution in [0.4, 0.5) is 0 Å². The Hall–Kier alpha value is -1.90. The van der Waals surface area contributed by atoms with E-state index in [1.165, 1.54) is 0 Å². The Morgan fingerprint density at radius 2 is 2.00 bits per heavy atom. The first-order valence-electron chi connectivity index (χ1n) is 7.69. The van der Waals surface area contributed by atoms with Gasteiger partial charge >= 0.3 is 5.97 Å². The van der Waals surface area contributed by atoms with Gasteiger partial charge in [-0.3, -0.25) is 9.59 Å². The van der Waals surface area contributed by atoms with Crippen molar-refractivity contribution in [1.29, 1.82) is 0 Å². The topological polar surface area (TPSA) is 43.4 Å². The third-order valence-electron chi connectivity index (χ3n) is 4.54. The van der Waals surface area contributed by atoms with E-state index in [-0.39, 0.29) is 23.6 Å². The molecule has 2 aliphatic rings. The van der Waals surface area contributed by atoms with E-state index in [1.54, 1.807) is 0 Å². The van der Waals surface area contributed by atoms with E-state index in [1.807, 2.05) is 37.3 Å². The lowest BCUT2D eigenvalue weighted by molar-refractivity contribution is -0.147. The molecule has 3 rings (SSSR count). The van der Waals surface area contributed by atoms with Gasteiger partial charge in [0.25, 0.3) is 0 Å². The number of rotatable bonds is 3. The Kier molecular flexibility index (Phi) is 3.91. The highest BCUT2D eigenvalue weighted by Crippen LogP contribution is 2.48. The van der Waals surface area contributed by atoms with Crippen LogP contribution in [-0.2, 0) is 14.3 Å². The van der Waals surface area contributed by atoms with Gasteiger partial charge in [-0.2, -0.15) is 0 Å². The average Bonchev–Trinajstić information content (AvgIpc) is 2.89. The standard InChI is InChI=1S/C18H20O3/c1-2-21-18(20)17-13-9-6-10-16(19)15(13)11-14(17)12-7-4-3-5-8-12/h3-5,7-8,14,17H,2,6,9-11H2,1H3/t14-,17+/m1/s1. The SMILES string of the molecule is CCOC(=O)[C@H]1C2=C(C[C@@H]1c1ccccc1)C(=O)CCC2. The number of benzene rings is 1. The smallest absolute Gasteiger partial charge is 0.313 e. The minimum atomic E-state index is -0.272. The molecule has 0 heterocycles. The number of hydrogen-bond donors (Lipinski definition) is 0. The third kappa shape index (κ3) is 2.53. The van der Waals surface area contributed by atoms with Crippen molar-refractivity contribution < 1.29 is 14.3 Å². The molecule has 0 saturated carbocycles. The molecule has 21 heavy (non-hydrogen) atoms. The summed E-state index contributed by atoms with van der Waals surface area (Å²) in [5, 5.41) is 0. The van der Waals surface area contributed by atoms with Crippen molar-refractivity contribution in [3.63, 3.8) is 0 Å². The number of allylic oxidation sites excluding steroid dienone is 1. The predicted molar refractivity (Wildman–Crippen MR) is 79.8 cm³/mol. The maximum absolute atomic E-state index is 12.4. The fraction of sp³-hybridized carbons (Fsp3) is 0.444. The molecule has 0 aliphatic heterocycles. The van der Waals surface area contributed by atoms with Crippen LogP contribution in [0, 0.1) is 5.92 Å². The zero-order chi connectivity index (χ0) is 14.8. The summed E-state index contributed by atoms with van der Waals surface area (Å²) < 4.78 is 5.28. The molecule has 0 amide bonds. The van der Waals surface area contributed by atoms with E-state index in [2.05, 4.69) is 0 Å². The normalized spacial score (nSPS) is 24.9. The Labute approximate surface area is 125 Å². The molecule has 0 aromatic heterocycles. The zero-order valence-corrected chi connectivity index (χ0v) is 12.3. The van der Waals surface area contributed by atoms with Crippen LogP contribution in [0.1, 0.15) is 44.1 Å². The monoisotopic (exact) mass is 284 g/mol. The van der Waals surface area contributed by atoms with Crippen LogP contribution in [0.15, 0.2) is 41.5 Å². The summed E-state index contributed by atoms with van der Waals surface area (Å²) in [7, 11) is 0. The maximum Gasteiger partial charge on any atom is 0.313 e. The van der Waals surface area contributed by atoms with Gasteiger partial charge in [-0.15, -0.1) is 0 Å². The number of carbonyl (C=O) groups excluding carboxylic acids is 2. The lowest BCUT2D eigenvalue weighted by Gasteiger charge is -2.22. The molecule has 2 atom stereocenters. The quantitative estimate of drug-likeness (QED) is 0.799. The van der Waals surface area contributed by atoms with Gasteiger partial charge in [0.1, 0.15) is 0 Å². The maximum atomic E-state index is 12.4. The van der Waals surface area contributed by atoms with Crippen molar-refractivity contribution >= 4 is 11.8 Å². The van der Waals surface area contributed by atoms with Crippen molar-refractivity contribution in [3.8, 4) is 0 Å². The summed E-state index contributed by atoms with van der Waals surface area (Å²) in [4.78, 5) is 24.6. The molecule has 2 aliphatic carbocycles. The van der Waals surface area contributed by atoms with Crippen LogP contribution in [0.3, 0.4) is 0 Å². The van der Waals surface area contributed by atoms with Crippen molar-refractivity contribution in [2.45, 2.75) is 38.5 Å². The Bertz CT molecular complexity index is 586. The molecule has 0 unspecified atom stereocenters. The van der Waals surface area contributed by atoms with Crippen LogP contribution in [0.5, 0.6) is 0 Å². The fourth-order valence-electron chi connectivity index (χ4n) is 3.64. The first kappa shape index (κ1) is 14.1.